The second-order valence-electron chi connectivity index (χ2n) is 6.11. The standard InChI is InChI=1S/C15H19F3N6O/c1-23-11(4-5-21-23)7-20-14(25)19-6-10-2-3-13-22-12(15(16,17)18)9-24(13)8-10/h4-5,9-10H,2-3,6-8H2,1H3,(H2,19,20,25)/t10-/m1/s1. The zero-order valence-electron chi connectivity index (χ0n) is 13.7. The summed E-state index contributed by atoms with van der Waals surface area (Å²) in [5.41, 5.74) is 0.0144. The Morgan fingerprint density at radius 1 is 1.40 bits per heavy atom. The maximum atomic E-state index is 12.7. The Hall–Kier alpha value is -2.52. The van der Waals surface area contributed by atoms with Gasteiger partial charge in [0.1, 0.15) is 5.82 Å². The number of alkyl halides is 3. The molecule has 3 rings (SSSR count). The molecule has 2 N–H and O–H groups in total. The molecule has 0 bridgehead atoms. The molecule has 0 fully saturated rings. The van der Waals surface area contributed by atoms with E-state index in [9.17, 15) is 18.0 Å². The molecule has 0 saturated heterocycles. The Morgan fingerprint density at radius 2 is 2.20 bits per heavy atom. The fraction of sp³-hybridized carbons (Fsp3) is 0.533. The van der Waals surface area contributed by atoms with Crippen molar-refractivity contribution in [3.8, 4) is 0 Å². The normalized spacial score (nSPS) is 17.2. The van der Waals surface area contributed by atoms with Crippen LogP contribution in [0.1, 0.15) is 23.6 Å². The number of hydrogen-bond acceptors (Lipinski definition) is 3. The molecule has 0 unspecified atom stereocenters. The van der Waals surface area contributed by atoms with Crippen LogP contribution in [0.5, 0.6) is 0 Å². The van der Waals surface area contributed by atoms with E-state index >= 15 is 0 Å². The van der Waals surface area contributed by atoms with Crippen LogP contribution in [-0.2, 0) is 32.7 Å². The summed E-state index contributed by atoms with van der Waals surface area (Å²) in [6.07, 6.45) is -0.571. The van der Waals surface area contributed by atoms with E-state index in [1.165, 1.54) is 4.57 Å². The zero-order valence-corrected chi connectivity index (χ0v) is 13.7. The molecule has 1 aliphatic rings. The molecule has 1 aliphatic heterocycles. The highest BCUT2D eigenvalue weighted by Gasteiger charge is 2.35. The number of carbonyl (C=O) groups excluding carboxylic acids is 1. The maximum Gasteiger partial charge on any atom is 0.434 e. The number of amides is 2. The number of halogens is 3. The molecule has 136 valence electrons. The minimum atomic E-state index is -4.43. The van der Waals surface area contributed by atoms with Crippen molar-refractivity contribution in [3.63, 3.8) is 0 Å². The Morgan fingerprint density at radius 3 is 2.88 bits per heavy atom. The van der Waals surface area contributed by atoms with Gasteiger partial charge in [-0.15, -0.1) is 0 Å². The summed E-state index contributed by atoms with van der Waals surface area (Å²) in [4.78, 5) is 15.5. The Bertz CT molecular complexity index is 751. The van der Waals surface area contributed by atoms with E-state index in [1.807, 2.05) is 0 Å². The molecule has 0 aliphatic carbocycles. The molecule has 0 aromatic carbocycles. The summed E-state index contributed by atoms with van der Waals surface area (Å²) in [7, 11) is 1.79. The van der Waals surface area contributed by atoms with Crippen LogP contribution >= 0.6 is 0 Å². The number of rotatable bonds is 4. The lowest BCUT2D eigenvalue weighted by atomic mass is 9.99. The van der Waals surface area contributed by atoms with Gasteiger partial charge in [0.25, 0.3) is 0 Å². The van der Waals surface area contributed by atoms with Crippen LogP contribution in [0.2, 0.25) is 0 Å². The van der Waals surface area contributed by atoms with Crippen molar-refractivity contribution in [2.24, 2.45) is 13.0 Å². The predicted octanol–water partition coefficient (Wildman–Crippen LogP) is 1.70. The van der Waals surface area contributed by atoms with Crippen LogP contribution in [0.4, 0.5) is 18.0 Å². The first kappa shape index (κ1) is 17.3. The summed E-state index contributed by atoms with van der Waals surface area (Å²) in [5.74, 6) is 0.523. The van der Waals surface area contributed by atoms with Gasteiger partial charge in [0.2, 0.25) is 0 Å². The van der Waals surface area contributed by atoms with Gasteiger partial charge in [0.15, 0.2) is 5.69 Å². The minimum Gasteiger partial charge on any atom is -0.338 e. The average Bonchev–Trinajstić information content (AvgIpc) is 3.16. The van der Waals surface area contributed by atoms with Gasteiger partial charge >= 0.3 is 12.2 Å². The lowest BCUT2D eigenvalue weighted by Crippen LogP contribution is -2.39. The van der Waals surface area contributed by atoms with Crippen LogP contribution in [0.25, 0.3) is 0 Å². The smallest absolute Gasteiger partial charge is 0.338 e. The zero-order chi connectivity index (χ0) is 18.0. The molecular formula is C15H19F3N6O. The van der Waals surface area contributed by atoms with Crippen LogP contribution in [0.3, 0.4) is 0 Å². The quantitative estimate of drug-likeness (QED) is 0.875. The van der Waals surface area contributed by atoms with Crippen molar-refractivity contribution in [2.45, 2.75) is 32.1 Å². The highest BCUT2D eigenvalue weighted by Crippen LogP contribution is 2.30. The van der Waals surface area contributed by atoms with Gasteiger partial charge in [0, 0.05) is 39.0 Å². The number of nitrogens with zero attached hydrogens (tertiary/aromatic N) is 4. The first-order valence-electron chi connectivity index (χ1n) is 7.94. The van der Waals surface area contributed by atoms with Gasteiger partial charge in [-0.25, -0.2) is 9.78 Å². The number of hydrogen-bond donors (Lipinski definition) is 2. The molecule has 0 radical (unpaired) electrons. The Kier molecular flexibility index (Phi) is 4.69. The highest BCUT2D eigenvalue weighted by molar-refractivity contribution is 5.73. The molecule has 1 atom stereocenters. The summed E-state index contributed by atoms with van der Waals surface area (Å²) < 4.78 is 41.3. The number of imidazole rings is 1. The third kappa shape index (κ3) is 4.12. The van der Waals surface area contributed by atoms with Crippen molar-refractivity contribution < 1.29 is 18.0 Å². The van der Waals surface area contributed by atoms with Crippen molar-refractivity contribution in [2.75, 3.05) is 6.54 Å². The molecular weight excluding hydrogens is 337 g/mol. The third-order valence-electron chi connectivity index (χ3n) is 4.28. The topological polar surface area (TPSA) is 76.8 Å². The summed E-state index contributed by atoms with van der Waals surface area (Å²) in [5, 5.41) is 9.51. The molecule has 10 heteroatoms. The van der Waals surface area contributed by atoms with Gasteiger partial charge in [-0.1, -0.05) is 0 Å². The van der Waals surface area contributed by atoms with Gasteiger partial charge in [-0.2, -0.15) is 18.3 Å². The van der Waals surface area contributed by atoms with Gasteiger partial charge in [0.05, 0.1) is 12.2 Å². The van der Waals surface area contributed by atoms with Gasteiger partial charge in [-0.05, 0) is 18.4 Å². The van der Waals surface area contributed by atoms with Gasteiger partial charge in [-0.3, -0.25) is 4.68 Å². The molecule has 7 nitrogen and oxygen atoms in total. The lowest BCUT2D eigenvalue weighted by molar-refractivity contribution is -0.141. The van der Waals surface area contributed by atoms with Crippen molar-refractivity contribution in [3.05, 3.63) is 35.7 Å². The monoisotopic (exact) mass is 356 g/mol. The number of nitrogens with one attached hydrogen (secondary N) is 2. The number of carbonyl (C=O) groups is 1. The number of fused-ring (bicyclic) bond motifs is 1. The lowest BCUT2D eigenvalue weighted by Gasteiger charge is -2.23. The minimum absolute atomic E-state index is 0.0743. The van der Waals surface area contributed by atoms with E-state index in [4.69, 9.17) is 0 Å². The Labute approximate surface area is 142 Å². The van der Waals surface area contributed by atoms with Crippen molar-refractivity contribution in [1.29, 1.82) is 0 Å². The summed E-state index contributed by atoms with van der Waals surface area (Å²) >= 11 is 0. The fourth-order valence-corrected chi connectivity index (χ4v) is 2.86. The number of aromatic nitrogens is 4. The van der Waals surface area contributed by atoms with E-state index in [2.05, 4.69) is 20.7 Å². The largest absolute Gasteiger partial charge is 0.434 e. The van der Waals surface area contributed by atoms with E-state index in [0.29, 0.717) is 38.3 Å². The van der Waals surface area contributed by atoms with Crippen LogP contribution in [-0.4, -0.2) is 31.9 Å². The molecule has 0 spiro atoms. The maximum absolute atomic E-state index is 12.7. The Balaban J connectivity index is 1.47. The van der Waals surface area contributed by atoms with E-state index in [-0.39, 0.29) is 11.9 Å². The van der Waals surface area contributed by atoms with Crippen molar-refractivity contribution in [1.82, 2.24) is 30.0 Å². The summed E-state index contributed by atoms with van der Waals surface area (Å²) in [6, 6.07) is 1.49. The second kappa shape index (κ2) is 6.77. The number of aryl methyl sites for hydroxylation is 2. The average molecular weight is 356 g/mol. The predicted molar refractivity (Wildman–Crippen MR) is 82.5 cm³/mol. The first-order valence-corrected chi connectivity index (χ1v) is 7.94. The van der Waals surface area contributed by atoms with E-state index in [0.717, 1.165) is 11.9 Å². The molecule has 2 aromatic heterocycles. The first-order chi connectivity index (χ1) is 11.8. The third-order valence-corrected chi connectivity index (χ3v) is 4.28. The molecule has 3 heterocycles. The summed E-state index contributed by atoms with van der Waals surface area (Å²) in [6.45, 7) is 1.17. The fourth-order valence-electron chi connectivity index (χ4n) is 2.86. The molecule has 2 amide bonds. The van der Waals surface area contributed by atoms with E-state index in [1.54, 1.807) is 24.0 Å². The van der Waals surface area contributed by atoms with Crippen molar-refractivity contribution >= 4 is 6.03 Å². The molecule has 2 aromatic rings. The van der Waals surface area contributed by atoms with Crippen LogP contribution in [0, 0.1) is 5.92 Å². The van der Waals surface area contributed by atoms with E-state index < -0.39 is 11.9 Å². The van der Waals surface area contributed by atoms with Crippen LogP contribution in [0.15, 0.2) is 18.5 Å². The van der Waals surface area contributed by atoms with Crippen LogP contribution < -0.4 is 10.6 Å². The second-order valence-corrected chi connectivity index (χ2v) is 6.11. The SMILES string of the molecule is Cn1nccc1CNC(=O)NC[C@H]1CCc2nc(C(F)(F)F)cn2C1. The highest BCUT2D eigenvalue weighted by atomic mass is 19.4. The molecule has 25 heavy (non-hydrogen) atoms. The molecule has 0 saturated carbocycles. The number of urea groups is 1. The van der Waals surface area contributed by atoms with Gasteiger partial charge < -0.3 is 15.2 Å².